The quantitative estimate of drug-likeness (QED) is 0.169. The van der Waals surface area contributed by atoms with Gasteiger partial charge < -0.3 is 14.6 Å². The van der Waals surface area contributed by atoms with Crippen LogP contribution in [0.2, 0.25) is 0 Å². The number of nitrogens with zero attached hydrogens (tertiary/aromatic N) is 1. The van der Waals surface area contributed by atoms with Crippen molar-refractivity contribution >= 4 is 68.6 Å². The summed E-state index contributed by atoms with van der Waals surface area (Å²) in [5, 5.41) is 7.50. The van der Waals surface area contributed by atoms with Crippen molar-refractivity contribution in [2.45, 2.75) is 110 Å². The van der Waals surface area contributed by atoms with Crippen molar-refractivity contribution in [3.63, 3.8) is 0 Å². The maximum atomic E-state index is 7.29. The lowest BCUT2D eigenvalue weighted by Crippen LogP contribution is -2.40. The number of nitrogens with one attached hydrogen (secondary N) is 1. The maximum Gasteiger partial charge on any atom is 0.247 e. The molecule has 2 heterocycles. The highest BCUT2D eigenvalue weighted by molar-refractivity contribution is 6.73. The van der Waals surface area contributed by atoms with Gasteiger partial charge in [0.25, 0.3) is 0 Å². The van der Waals surface area contributed by atoms with Crippen LogP contribution in [0.3, 0.4) is 0 Å². The zero-order valence-corrected chi connectivity index (χ0v) is 41.8. The Hall–Kier alpha value is -6.78. The predicted octanol–water partition coefficient (Wildman–Crippen LogP) is 16.8. The highest BCUT2D eigenvalue weighted by Gasteiger charge is 2.42. The summed E-state index contributed by atoms with van der Waals surface area (Å²) < 4.78 is 7.29. The molecule has 0 saturated heterocycles. The Morgan fingerprint density at radius 3 is 1.62 bits per heavy atom. The molecule has 1 radical (unpaired) electrons. The van der Waals surface area contributed by atoms with Gasteiger partial charge in [-0.1, -0.05) is 159 Å². The SMILES string of the molecule is Cc1cc2c(cc1N1c3cc(-c4ccccc4)cc(-c4cc5ccccc5cc4Nc4ccc(-c5ccccc5)cc4)c3[B]c3oc4cc5c(cc4c31)C(C)(C)CCC5(C)C)C(C)(C)CCC2(C)C. The standard InChI is InChI=1S/C65H62BN2O/c1-40-32-51-53(64(6,7)30-28-62(51,2)3)38-56(40)68-57-36-46(42-20-14-11-15-21-42)34-49(59(57)66-61-60(68)50-37-52-54(39-58(50)69-61)65(8,9)31-29-63(52,4)5)48-33-44-22-16-17-23-45(44)35-55(48)67-47-26-24-43(25-27-47)41-18-12-10-13-19-41/h10-27,32-39,67H,28-31H2,1-9H3. The van der Waals surface area contributed by atoms with E-state index in [2.05, 4.69) is 238 Å². The molecule has 0 unspecified atom stereocenters. The summed E-state index contributed by atoms with van der Waals surface area (Å²) in [5.41, 5.74) is 22.8. The van der Waals surface area contributed by atoms with Crippen LogP contribution in [0.4, 0.5) is 28.4 Å². The smallest absolute Gasteiger partial charge is 0.247 e. The highest BCUT2D eigenvalue weighted by Crippen LogP contribution is 2.53. The minimum absolute atomic E-state index is 0.0238. The monoisotopic (exact) mass is 897 g/mol. The van der Waals surface area contributed by atoms with Crippen LogP contribution >= 0.6 is 0 Å². The Balaban J connectivity index is 1.14. The molecule has 3 nitrogen and oxygen atoms in total. The molecule has 2 aliphatic carbocycles. The molecular formula is C65H62BN2O. The summed E-state index contributed by atoms with van der Waals surface area (Å²) >= 11 is 0. The van der Waals surface area contributed by atoms with Crippen molar-refractivity contribution in [2.24, 2.45) is 0 Å². The molecule has 0 amide bonds. The Kier molecular flexibility index (Phi) is 9.85. The summed E-state index contributed by atoms with van der Waals surface area (Å²) in [7, 11) is 2.36. The largest absolute Gasteiger partial charge is 0.469 e. The van der Waals surface area contributed by atoms with Crippen LogP contribution < -0.4 is 21.3 Å². The summed E-state index contributed by atoms with van der Waals surface area (Å²) in [6.07, 6.45) is 4.61. The van der Waals surface area contributed by atoms with E-state index in [1.54, 1.807) is 0 Å². The maximum absolute atomic E-state index is 7.29. The second kappa shape index (κ2) is 15.6. The molecule has 0 bridgehead atoms. The molecule has 9 aromatic rings. The Morgan fingerprint density at radius 2 is 1.00 bits per heavy atom. The topological polar surface area (TPSA) is 28.4 Å². The number of hydrogen-bond donors (Lipinski definition) is 1. The molecule has 0 spiro atoms. The fourth-order valence-electron chi connectivity index (χ4n) is 12.0. The average Bonchev–Trinajstić information content (AvgIpc) is 3.71. The molecule has 1 N–H and O–H groups in total. The van der Waals surface area contributed by atoms with Crippen molar-refractivity contribution in [1.29, 1.82) is 0 Å². The van der Waals surface area contributed by atoms with Crippen molar-refractivity contribution in [3.05, 3.63) is 186 Å². The van der Waals surface area contributed by atoms with Crippen molar-refractivity contribution < 1.29 is 4.42 Å². The van der Waals surface area contributed by atoms with Crippen molar-refractivity contribution in [1.82, 2.24) is 0 Å². The number of benzene rings is 8. The van der Waals surface area contributed by atoms with E-state index in [9.17, 15) is 0 Å². The number of hydrogen-bond acceptors (Lipinski definition) is 3. The molecular weight excluding hydrogens is 836 g/mol. The Labute approximate surface area is 409 Å². The van der Waals surface area contributed by atoms with Gasteiger partial charge in [-0.3, -0.25) is 0 Å². The lowest BCUT2D eigenvalue weighted by Gasteiger charge is -2.43. The third-order valence-electron chi connectivity index (χ3n) is 16.5. The van der Waals surface area contributed by atoms with Crippen LogP contribution in [0.1, 0.15) is 109 Å². The van der Waals surface area contributed by atoms with Gasteiger partial charge in [-0.05, 0) is 181 Å². The van der Waals surface area contributed by atoms with E-state index >= 15 is 0 Å². The highest BCUT2D eigenvalue weighted by atomic mass is 16.3. The molecule has 0 fully saturated rings. The zero-order chi connectivity index (χ0) is 47.6. The average molecular weight is 898 g/mol. The molecule has 1 aromatic heterocycles. The van der Waals surface area contributed by atoms with Crippen LogP contribution in [-0.4, -0.2) is 7.28 Å². The minimum Gasteiger partial charge on any atom is -0.469 e. The van der Waals surface area contributed by atoms with Gasteiger partial charge in [0.2, 0.25) is 7.28 Å². The van der Waals surface area contributed by atoms with E-state index in [0.717, 1.165) is 69.8 Å². The van der Waals surface area contributed by atoms with E-state index in [1.807, 2.05) is 0 Å². The molecule has 12 rings (SSSR count). The molecule has 3 aliphatic rings. The second-order valence-electron chi connectivity index (χ2n) is 23.0. The fraction of sp³-hybridized carbons (Fsp3) is 0.262. The van der Waals surface area contributed by atoms with Crippen LogP contribution in [0.5, 0.6) is 0 Å². The minimum atomic E-state index is 0.0238. The third-order valence-corrected chi connectivity index (χ3v) is 16.5. The van der Waals surface area contributed by atoms with Gasteiger partial charge in [-0.15, -0.1) is 0 Å². The first-order valence-electron chi connectivity index (χ1n) is 25.2. The lowest BCUT2D eigenvalue weighted by atomic mass is 9.60. The third kappa shape index (κ3) is 7.24. The van der Waals surface area contributed by atoms with E-state index in [1.165, 1.54) is 78.3 Å². The van der Waals surface area contributed by atoms with Crippen LogP contribution in [0.15, 0.2) is 162 Å². The van der Waals surface area contributed by atoms with Crippen LogP contribution in [0.25, 0.3) is 55.1 Å². The van der Waals surface area contributed by atoms with Gasteiger partial charge in [0.1, 0.15) is 5.58 Å². The van der Waals surface area contributed by atoms with Gasteiger partial charge in [-0.2, -0.15) is 0 Å². The number of rotatable bonds is 6. The van der Waals surface area contributed by atoms with Crippen molar-refractivity contribution in [2.75, 3.05) is 10.2 Å². The van der Waals surface area contributed by atoms with E-state index < -0.39 is 0 Å². The summed E-state index contributed by atoms with van der Waals surface area (Å²) in [6, 6.07) is 58.7. The van der Waals surface area contributed by atoms with Crippen molar-refractivity contribution in [3.8, 4) is 33.4 Å². The van der Waals surface area contributed by atoms with Gasteiger partial charge in [0.05, 0.1) is 11.3 Å². The summed E-state index contributed by atoms with van der Waals surface area (Å²) in [4.78, 5) is 2.60. The van der Waals surface area contributed by atoms with Gasteiger partial charge in [0, 0.05) is 33.7 Å². The zero-order valence-electron chi connectivity index (χ0n) is 41.8. The first-order valence-corrected chi connectivity index (χ1v) is 25.2. The van der Waals surface area contributed by atoms with E-state index in [-0.39, 0.29) is 21.7 Å². The molecule has 8 aromatic carbocycles. The number of furan rings is 1. The molecule has 341 valence electrons. The summed E-state index contributed by atoms with van der Waals surface area (Å²) in [5.74, 6) is 0. The van der Waals surface area contributed by atoms with Gasteiger partial charge in [-0.25, -0.2) is 0 Å². The molecule has 0 atom stereocenters. The number of aryl methyl sites for hydroxylation is 1. The number of fused-ring (bicyclic) bond motifs is 7. The van der Waals surface area contributed by atoms with Gasteiger partial charge >= 0.3 is 0 Å². The molecule has 0 saturated carbocycles. The second-order valence-corrected chi connectivity index (χ2v) is 23.0. The van der Waals surface area contributed by atoms with Crippen LogP contribution in [-0.2, 0) is 21.7 Å². The van der Waals surface area contributed by atoms with Crippen LogP contribution in [0, 0.1) is 6.92 Å². The Morgan fingerprint density at radius 1 is 0.478 bits per heavy atom. The van der Waals surface area contributed by atoms with Gasteiger partial charge in [0.15, 0.2) is 0 Å². The molecule has 4 heteroatoms. The molecule has 1 aliphatic heterocycles. The van der Waals surface area contributed by atoms with E-state index in [0.29, 0.717) is 0 Å². The fourth-order valence-corrected chi connectivity index (χ4v) is 12.0. The first-order chi connectivity index (χ1) is 33.0. The first kappa shape index (κ1) is 43.5. The summed E-state index contributed by atoms with van der Waals surface area (Å²) in [6.45, 7) is 21.8. The van der Waals surface area contributed by atoms with E-state index in [4.69, 9.17) is 4.42 Å². The number of anilines is 5. The molecule has 69 heavy (non-hydrogen) atoms. The Bertz CT molecular complexity index is 3500. The normalized spacial score (nSPS) is 17.1. The lowest BCUT2D eigenvalue weighted by molar-refractivity contribution is 0.332. The predicted molar refractivity (Wildman–Crippen MR) is 295 cm³/mol.